The molecular weight excluding hydrogens is 357 g/mol. The molecule has 0 aliphatic heterocycles. The number of rotatable bonds is 5. The fraction of sp³-hybridized carbons (Fsp3) is 0.0952. The van der Waals surface area contributed by atoms with E-state index in [1.54, 1.807) is 28.9 Å². The van der Waals surface area contributed by atoms with E-state index in [0.717, 1.165) is 5.56 Å². The molecule has 2 aromatic heterocycles. The number of amides is 1. The van der Waals surface area contributed by atoms with E-state index in [-0.39, 0.29) is 11.7 Å². The zero-order valence-corrected chi connectivity index (χ0v) is 15.2. The van der Waals surface area contributed by atoms with Gasteiger partial charge in [0.25, 0.3) is 5.91 Å². The third-order valence-electron chi connectivity index (χ3n) is 4.44. The van der Waals surface area contributed by atoms with Gasteiger partial charge in [0.2, 0.25) is 0 Å². The minimum atomic E-state index is -0.345. The second kappa shape index (κ2) is 7.48. The Balaban J connectivity index is 1.44. The number of carbonyl (C=O) groups excluding carboxylic acids is 1. The molecule has 0 saturated heterocycles. The van der Waals surface area contributed by atoms with Crippen molar-refractivity contribution in [3.8, 4) is 11.3 Å². The van der Waals surface area contributed by atoms with Gasteiger partial charge in [-0.25, -0.2) is 4.39 Å². The van der Waals surface area contributed by atoms with E-state index < -0.39 is 0 Å². The van der Waals surface area contributed by atoms with Gasteiger partial charge in [-0.15, -0.1) is 0 Å². The summed E-state index contributed by atoms with van der Waals surface area (Å²) in [6, 6.07) is 17.4. The van der Waals surface area contributed by atoms with E-state index in [9.17, 15) is 9.18 Å². The van der Waals surface area contributed by atoms with Crippen molar-refractivity contribution < 1.29 is 9.18 Å². The molecule has 6 nitrogen and oxygen atoms in total. The van der Waals surface area contributed by atoms with E-state index in [4.69, 9.17) is 0 Å². The number of aryl methyl sites for hydroxylation is 1. The molecule has 0 aliphatic rings. The molecule has 1 amide bonds. The van der Waals surface area contributed by atoms with Gasteiger partial charge in [-0.1, -0.05) is 24.3 Å². The van der Waals surface area contributed by atoms with Gasteiger partial charge in [-0.2, -0.15) is 10.2 Å². The van der Waals surface area contributed by atoms with Crippen LogP contribution < -0.4 is 5.32 Å². The summed E-state index contributed by atoms with van der Waals surface area (Å²) in [5, 5.41) is 14.0. The van der Waals surface area contributed by atoms with Crippen molar-refractivity contribution in [3.05, 3.63) is 89.5 Å². The highest BCUT2D eigenvalue weighted by Crippen LogP contribution is 2.18. The van der Waals surface area contributed by atoms with Crippen LogP contribution in [0.1, 0.15) is 21.6 Å². The number of aromatic amines is 1. The van der Waals surface area contributed by atoms with Crippen LogP contribution in [-0.2, 0) is 6.54 Å². The number of H-pyrrole nitrogens is 1. The lowest BCUT2D eigenvalue weighted by atomic mass is 10.1. The average molecular weight is 375 g/mol. The summed E-state index contributed by atoms with van der Waals surface area (Å²) in [4.78, 5) is 12.4. The van der Waals surface area contributed by atoms with Crippen LogP contribution in [0.4, 0.5) is 10.2 Å². The van der Waals surface area contributed by atoms with Gasteiger partial charge in [-0.05, 0) is 48.4 Å². The van der Waals surface area contributed by atoms with Crippen LogP contribution in [0.15, 0.2) is 66.9 Å². The first kappa shape index (κ1) is 17.7. The number of aromatic nitrogens is 4. The summed E-state index contributed by atoms with van der Waals surface area (Å²) in [5.74, 6) is -0.211. The predicted octanol–water partition coefficient (Wildman–Crippen LogP) is 4.02. The molecule has 0 atom stereocenters. The summed E-state index contributed by atoms with van der Waals surface area (Å²) in [6.07, 6.45) is 1.82. The largest absolute Gasteiger partial charge is 0.304 e. The summed E-state index contributed by atoms with van der Waals surface area (Å²) in [6.45, 7) is 2.68. The monoisotopic (exact) mass is 375 g/mol. The van der Waals surface area contributed by atoms with Crippen LogP contribution >= 0.6 is 0 Å². The van der Waals surface area contributed by atoms with E-state index in [1.165, 1.54) is 23.3 Å². The lowest BCUT2D eigenvalue weighted by Crippen LogP contribution is -2.13. The van der Waals surface area contributed by atoms with E-state index >= 15 is 0 Å². The van der Waals surface area contributed by atoms with Crippen LogP contribution in [0.25, 0.3) is 11.3 Å². The van der Waals surface area contributed by atoms with Crippen molar-refractivity contribution in [1.82, 2.24) is 20.0 Å². The maximum Gasteiger partial charge on any atom is 0.274 e. The molecular formula is C21H18FN5O. The van der Waals surface area contributed by atoms with Crippen LogP contribution in [-0.4, -0.2) is 25.9 Å². The summed E-state index contributed by atoms with van der Waals surface area (Å²) in [7, 11) is 0. The highest BCUT2D eigenvalue weighted by Gasteiger charge is 2.13. The normalized spacial score (nSPS) is 10.8. The first-order valence-corrected chi connectivity index (χ1v) is 8.79. The summed E-state index contributed by atoms with van der Waals surface area (Å²) in [5.41, 5.74) is 3.94. The Morgan fingerprint density at radius 1 is 1.14 bits per heavy atom. The first-order chi connectivity index (χ1) is 13.6. The van der Waals surface area contributed by atoms with E-state index in [2.05, 4.69) is 39.7 Å². The molecule has 7 heteroatoms. The Labute approximate surface area is 161 Å². The summed E-state index contributed by atoms with van der Waals surface area (Å²) < 4.78 is 14.8. The van der Waals surface area contributed by atoms with Gasteiger partial charge in [0.1, 0.15) is 11.5 Å². The average Bonchev–Trinajstić information content (AvgIpc) is 3.34. The Morgan fingerprint density at radius 3 is 2.71 bits per heavy atom. The quantitative estimate of drug-likeness (QED) is 0.553. The fourth-order valence-corrected chi connectivity index (χ4v) is 2.87. The molecule has 0 radical (unpaired) electrons. The molecule has 0 fully saturated rings. The molecule has 0 bridgehead atoms. The topological polar surface area (TPSA) is 75.6 Å². The zero-order chi connectivity index (χ0) is 19.5. The third-order valence-corrected chi connectivity index (χ3v) is 4.44. The minimum absolute atomic E-state index is 0.299. The molecule has 0 saturated carbocycles. The molecule has 2 heterocycles. The van der Waals surface area contributed by atoms with Gasteiger partial charge in [0.15, 0.2) is 5.82 Å². The number of anilines is 1. The van der Waals surface area contributed by atoms with E-state index in [0.29, 0.717) is 23.8 Å². The van der Waals surface area contributed by atoms with Gasteiger partial charge in [0, 0.05) is 17.8 Å². The zero-order valence-electron chi connectivity index (χ0n) is 15.2. The predicted molar refractivity (Wildman–Crippen MR) is 104 cm³/mol. The Kier molecular flexibility index (Phi) is 4.72. The molecule has 4 rings (SSSR count). The standard InChI is InChI=1S/C21H18FN5O/c1-14-4-2-3-5-16(14)13-27-11-10-20(26-27)23-21(28)19-12-18(24-25-19)15-6-8-17(22)9-7-15/h2-12H,13H2,1H3,(H,24,25)(H,23,26,28). The van der Waals surface area contributed by atoms with Crippen LogP contribution in [0.2, 0.25) is 0 Å². The number of hydrogen-bond acceptors (Lipinski definition) is 3. The van der Waals surface area contributed by atoms with Crippen LogP contribution in [0.5, 0.6) is 0 Å². The van der Waals surface area contributed by atoms with Crippen molar-refractivity contribution in [2.75, 3.05) is 5.32 Å². The lowest BCUT2D eigenvalue weighted by molar-refractivity contribution is 0.102. The van der Waals surface area contributed by atoms with E-state index in [1.807, 2.05) is 18.3 Å². The van der Waals surface area contributed by atoms with Gasteiger partial charge >= 0.3 is 0 Å². The number of carbonyl (C=O) groups is 1. The number of benzene rings is 2. The number of nitrogens with zero attached hydrogens (tertiary/aromatic N) is 3. The van der Waals surface area contributed by atoms with Gasteiger partial charge in [0.05, 0.1) is 12.2 Å². The summed E-state index contributed by atoms with van der Waals surface area (Å²) >= 11 is 0. The molecule has 0 spiro atoms. The number of nitrogens with one attached hydrogen (secondary N) is 2. The molecule has 4 aromatic rings. The highest BCUT2D eigenvalue weighted by molar-refractivity contribution is 6.02. The lowest BCUT2D eigenvalue weighted by Gasteiger charge is -2.05. The maximum atomic E-state index is 13.0. The molecule has 140 valence electrons. The maximum absolute atomic E-state index is 13.0. The third kappa shape index (κ3) is 3.83. The van der Waals surface area contributed by atoms with Crippen LogP contribution in [0, 0.1) is 12.7 Å². The fourth-order valence-electron chi connectivity index (χ4n) is 2.87. The number of halogens is 1. The smallest absolute Gasteiger partial charge is 0.274 e. The number of hydrogen-bond donors (Lipinski definition) is 2. The Bertz CT molecular complexity index is 1110. The van der Waals surface area contributed by atoms with Gasteiger partial charge in [-0.3, -0.25) is 14.6 Å². The molecule has 0 unspecified atom stereocenters. The first-order valence-electron chi connectivity index (χ1n) is 8.79. The highest BCUT2D eigenvalue weighted by atomic mass is 19.1. The van der Waals surface area contributed by atoms with Crippen molar-refractivity contribution in [1.29, 1.82) is 0 Å². The van der Waals surface area contributed by atoms with Crippen molar-refractivity contribution in [2.45, 2.75) is 13.5 Å². The molecule has 28 heavy (non-hydrogen) atoms. The second-order valence-corrected chi connectivity index (χ2v) is 6.45. The Hall–Kier alpha value is -3.74. The minimum Gasteiger partial charge on any atom is -0.304 e. The van der Waals surface area contributed by atoms with Crippen molar-refractivity contribution in [3.63, 3.8) is 0 Å². The van der Waals surface area contributed by atoms with Crippen molar-refractivity contribution >= 4 is 11.7 Å². The van der Waals surface area contributed by atoms with Gasteiger partial charge < -0.3 is 5.32 Å². The molecule has 2 N–H and O–H groups in total. The second-order valence-electron chi connectivity index (χ2n) is 6.45. The van der Waals surface area contributed by atoms with Crippen molar-refractivity contribution in [2.24, 2.45) is 0 Å². The van der Waals surface area contributed by atoms with Crippen LogP contribution in [0.3, 0.4) is 0 Å². The Morgan fingerprint density at radius 2 is 1.93 bits per heavy atom. The molecule has 2 aromatic carbocycles. The SMILES string of the molecule is Cc1ccccc1Cn1ccc(NC(=O)c2cc(-c3ccc(F)cc3)n[nH]2)n1. The molecule has 0 aliphatic carbocycles.